The molecular weight excluding hydrogens is 314 g/mol. The van der Waals surface area contributed by atoms with E-state index in [1.165, 1.54) is 4.40 Å². The second kappa shape index (κ2) is 8.31. The van der Waals surface area contributed by atoms with Crippen molar-refractivity contribution in [3.63, 3.8) is 0 Å². The highest BCUT2D eigenvalue weighted by molar-refractivity contribution is 5.85. The van der Waals surface area contributed by atoms with Crippen LogP contribution in [0.3, 0.4) is 0 Å². The summed E-state index contributed by atoms with van der Waals surface area (Å²) in [7, 11) is 0. The number of fused-ring (bicyclic) bond motifs is 1. The van der Waals surface area contributed by atoms with Crippen molar-refractivity contribution in [1.82, 2.24) is 14.3 Å². The van der Waals surface area contributed by atoms with Gasteiger partial charge >= 0.3 is 0 Å². The number of aromatic nitrogens is 2. The molecule has 0 radical (unpaired) electrons. The number of hydrogen-bond acceptors (Lipinski definition) is 4. The molecule has 0 aliphatic carbocycles. The average molecular weight is 340 g/mol. The lowest BCUT2D eigenvalue weighted by Crippen LogP contribution is -2.39. The lowest BCUT2D eigenvalue weighted by molar-refractivity contribution is 0.140. The van der Waals surface area contributed by atoms with E-state index in [1.807, 2.05) is 18.2 Å². The third-order valence-corrected chi connectivity index (χ3v) is 3.83. The van der Waals surface area contributed by atoms with E-state index in [0.29, 0.717) is 35.8 Å². The van der Waals surface area contributed by atoms with Crippen molar-refractivity contribution in [3.05, 3.63) is 40.3 Å². The van der Waals surface area contributed by atoms with Gasteiger partial charge in [-0.15, -0.1) is 12.4 Å². The Morgan fingerprint density at radius 3 is 2.48 bits per heavy atom. The summed E-state index contributed by atoms with van der Waals surface area (Å²) in [4.78, 5) is 19.1. The summed E-state index contributed by atoms with van der Waals surface area (Å²) in [6.07, 6.45) is 1.72. The number of hydrogen-bond donors (Lipinski definition) is 0. The van der Waals surface area contributed by atoms with Crippen LogP contribution in [0.5, 0.6) is 5.88 Å². The van der Waals surface area contributed by atoms with Gasteiger partial charge in [0.05, 0.1) is 5.56 Å². The van der Waals surface area contributed by atoms with Crippen LogP contribution in [0, 0.1) is 6.92 Å². The summed E-state index contributed by atoms with van der Waals surface area (Å²) in [6.45, 7) is 11.8. The second-order valence-corrected chi connectivity index (χ2v) is 6.05. The molecule has 0 saturated carbocycles. The van der Waals surface area contributed by atoms with Crippen molar-refractivity contribution >= 4 is 18.1 Å². The maximum Gasteiger partial charge on any atom is 0.264 e. The quantitative estimate of drug-likeness (QED) is 0.811. The van der Waals surface area contributed by atoms with Gasteiger partial charge in [0, 0.05) is 24.8 Å². The molecule has 6 heteroatoms. The normalized spacial score (nSPS) is 11.3. The molecule has 0 amide bonds. The number of halogens is 1. The van der Waals surface area contributed by atoms with Crippen molar-refractivity contribution in [2.75, 3.05) is 13.2 Å². The molecule has 23 heavy (non-hydrogen) atoms. The maximum atomic E-state index is 12.3. The Labute approximate surface area is 143 Å². The topological polar surface area (TPSA) is 46.8 Å². The molecule has 0 atom stereocenters. The van der Waals surface area contributed by atoms with Gasteiger partial charge in [-0.2, -0.15) is 4.98 Å². The number of ether oxygens (including phenoxy) is 1. The highest BCUT2D eigenvalue weighted by Crippen LogP contribution is 2.12. The minimum atomic E-state index is -0.0785. The van der Waals surface area contributed by atoms with E-state index >= 15 is 0 Å². The highest BCUT2D eigenvalue weighted by atomic mass is 35.5. The first-order chi connectivity index (χ1) is 10.4. The van der Waals surface area contributed by atoms with Crippen LogP contribution in [0.1, 0.15) is 33.3 Å². The molecule has 0 unspecified atom stereocenters. The largest absolute Gasteiger partial charge is 0.476 e. The van der Waals surface area contributed by atoms with Crippen LogP contribution in [-0.4, -0.2) is 39.5 Å². The number of rotatable bonds is 6. The van der Waals surface area contributed by atoms with Crippen molar-refractivity contribution in [3.8, 4) is 5.88 Å². The predicted molar refractivity (Wildman–Crippen MR) is 95.9 cm³/mol. The fourth-order valence-corrected chi connectivity index (χ4v) is 2.66. The molecule has 0 fully saturated rings. The Morgan fingerprint density at radius 2 is 1.87 bits per heavy atom. The van der Waals surface area contributed by atoms with E-state index < -0.39 is 0 Å². The van der Waals surface area contributed by atoms with E-state index in [-0.39, 0.29) is 18.0 Å². The van der Waals surface area contributed by atoms with Gasteiger partial charge in [0.15, 0.2) is 0 Å². The molecule has 2 rings (SSSR count). The van der Waals surface area contributed by atoms with E-state index in [2.05, 4.69) is 37.6 Å². The van der Waals surface area contributed by atoms with Crippen LogP contribution >= 0.6 is 12.4 Å². The van der Waals surface area contributed by atoms with Gasteiger partial charge in [0.25, 0.3) is 5.56 Å². The number of nitrogens with zero attached hydrogens (tertiary/aromatic N) is 3. The zero-order chi connectivity index (χ0) is 16.3. The molecule has 128 valence electrons. The van der Waals surface area contributed by atoms with Crippen LogP contribution in [-0.2, 0) is 0 Å². The van der Waals surface area contributed by atoms with Crippen LogP contribution < -0.4 is 10.3 Å². The zero-order valence-corrected chi connectivity index (χ0v) is 15.3. The molecular formula is C17H26ClN3O2. The van der Waals surface area contributed by atoms with Crippen LogP contribution in [0.2, 0.25) is 0 Å². The van der Waals surface area contributed by atoms with Crippen molar-refractivity contribution in [1.29, 1.82) is 0 Å². The Bertz CT molecular complexity index is 690. The Balaban J connectivity index is 0.00000264. The Morgan fingerprint density at radius 1 is 1.22 bits per heavy atom. The number of pyridine rings is 1. The lowest BCUT2D eigenvalue weighted by Gasteiger charge is -2.30. The smallest absolute Gasteiger partial charge is 0.264 e. The summed E-state index contributed by atoms with van der Waals surface area (Å²) in [6, 6.07) is 6.40. The molecule has 0 spiro atoms. The minimum absolute atomic E-state index is 0. The van der Waals surface area contributed by atoms with Crippen molar-refractivity contribution in [2.45, 2.75) is 46.7 Å². The monoisotopic (exact) mass is 339 g/mol. The highest BCUT2D eigenvalue weighted by Gasteiger charge is 2.14. The molecule has 2 aromatic rings. The van der Waals surface area contributed by atoms with Gasteiger partial charge in [-0.1, -0.05) is 6.07 Å². The molecule has 0 aromatic carbocycles. The van der Waals surface area contributed by atoms with Gasteiger partial charge in [-0.3, -0.25) is 14.1 Å². The van der Waals surface area contributed by atoms with Crippen LogP contribution in [0.15, 0.2) is 29.2 Å². The van der Waals surface area contributed by atoms with E-state index in [0.717, 1.165) is 6.54 Å². The van der Waals surface area contributed by atoms with Gasteiger partial charge in [0.1, 0.15) is 12.3 Å². The van der Waals surface area contributed by atoms with E-state index in [4.69, 9.17) is 4.74 Å². The Hall–Kier alpha value is -1.59. The van der Waals surface area contributed by atoms with E-state index in [9.17, 15) is 4.79 Å². The molecule has 5 nitrogen and oxygen atoms in total. The summed E-state index contributed by atoms with van der Waals surface area (Å²) >= 11 is 0. The first kappa shape index (κ1) is 19.5. The SMILES string of the molecule is Cc1c(OCCN(C(C)C)C(C)C)nc2ccccn2c1=O.Cl. The third kappa shape index (κ3) is 4.45. The summed E-state index contributed by atoms with van der Waals surface area (Å²) in [5, 5.41) is 0. The summed E-state index contributed by atoms with van der Waals surface area (Å²) in [5.74, 6) is 0.434. The first-order valence-electron chi connectivity index (χ1n) is 7.78. The molecule has 2 heterocycles. The fraction of sp³-hybridized carbons (Fsp3) is 0.529. The molecule has 0 aliphatic rings. The fourth-order valence-electron chi connectivity index (χ4n) is 2.66. The predicted octanol–water partition coefficient (Wildman–Crippen LogP) is 2.92. The molecule has 0 saturated heterocycles. The molecule has 0 aliphatic heterocycles. The minimum Gasteiger partial charge on any atom is -0.476 e. The Kier molecular flexibility index (Phi) is 7.03. The molecule has 0 bridgehead atoms. The van der Waals surface area contributed by atoms with E-state index in [1.54, 1.807) is 13.1 Å². The average Bonchev–Trinajstić information content (AvgIpc) is 2.47. The first-order valence-corrected chi connectivity index (χ1v) is 7.78. The van der Waals surface area contributed by atoms with Crippen LogP contribution in [0.25, 0.3) is 5.65 Å². The van der Waals surface area contributed by atoms with Crippen molar-refractivity contribution < 1.29 is 4.74 Å². The maximum absolute atomic E-state index is 12.3. The third-order valence-electron chi connectivity index (χ3n) is 3.83. The van der Waals surface area contributed by atoms with Gasteiger partial charge in [0.2, 0.25) is 5.88 Å². The van der Waals surface area contributed by atoms with Gasteiger partial charge in [-0.05, 0) is 46.8 Å². The van der Waals surface area contributed by atoms with Crippen LogP contribution in [0.4, 0.5) is 0 Å². The molecule has 2 aromatic heterocycles. The van der Waals surface area contributed by atoms with Crippen molar-refractivity contribution in [2.24, 2.45) is 0 Å². The van der Waals surface area contributed by atoms with Gasteiger partial charge < -0.3 is 4.74 Å². The zero-order valence-electron chi connectivity index (χ0n) is 14.4. The second-order valence-electron chi connectivity index (χ2n) is 6.05. The van der Waals surface area contributed by atoms with Gasteiger partial charge in [-0.25, -0.2) is 0 Å². The lowest BCUT2D eigenvalue weighted by atomic mass is 10.2. The molecule has 0 N–H and O–H groups in total. The summed E-state index contributed by atoms with van der Waals surface area (Å²) in [5.41, 5.74) is 1.08. The standard InChI is InChI=1S/C17H25N3O2.ClH/c1-12(2)19(13(3)4)10-11-22-16-14(5)17(21)20-9-7-6-8-15(20)18-16;/h6-9,12-13H,10-11H2,1-5H3;1H. The summed E-state index contributed by atoms with van der Waals surface area (Å²) < 4.78 is 7.33.